The van der Waals surface area contributed by atoms with E-state index in [0.29, 0.717) is 57.1 Å². The standard InChI is InChI=1S/C88H135N9O21/c1-15-54(8)79(95(12)87(113)63(52(4)5)47-68(102)78(53(6)7)94(10)11)70(115-13)49-77(106)96-41-23-28-65(96)84(116-14)55(9)66(100)44-59(42-57-24-18-16-19-25-57)85(111)90-39-37-56-29-31-58(32-30-56)43-67(101)64(27-22-38-91-88(89)114)93-86(112)62(51(2)3)45-61(99)46-71-81(108)83(110)73(118-71)50-92-74(103)48-72-82(109)80(107)69(117-72)34-33-60(98)26-20-17-21-40-97-75(104)35-36-76(97)105/h16,18-19,24-25,29-32,35-36,51-55,59,62-65,69-73,78-84,107-110H,15,17,20-23,26-28,33-34,37-50H2,1-14H3,(H,90,111)(H,92,103)(H,93,112)(H3,89,91,114)/t54?,55?,59-,62-,63+,64?,65?,69?,70?,71+,72?,73-,78?,79?,80-,81?,82+,83?,84?/m1/s1. The number of likely N-dealkylation sites (N-methyl/N-ethyl adjacent to an activating group) is 2. The summed E-state index contributed by atoms with van der Waals surface area (Å²) < 4.78 is 24.0. The topological polar surface area (TPSA) is 427 Å². The zero-order valence-electron chi connectivity index (χ0n) is 71.8. The zero-order chi connectivity index (χ0) is 87.4. The Morgan fingerprint density at radius 3 is 1.84 bits per heavy atom. The molecule has 0 aromatic heterocycles. The number of methoxy groups -OCH3 is 2. The lowest BCUT2D eigenvalue weighted by Crippen LogP contribution is -2.54. The number of aliphatic hydroxyl groups is 4. The molecule has 0 bridgehead atoms. The van der Waals surface area contributed by atoms with Gasteiger partial charge in [0.1, 0.15) is 47.9 Å². The lowest BCUT2D eigenvalue weighted by Gasteiger charge is -2.41. The van der Waals surface area contributed by atoms with Crippen LogP contribution in [0, 0.1) is 47.3 Å². The SMILES string of the molecule is CCC(C)C(C(CC(=O)N1CCCC1C(OC)C(C)C(=O)C[C@@H](Cc1ccccc1)C(=O)NCCc1ccc(CC(=O)C(CCCNC(N)=O)NC(=O)[C@H](CC(=O)C[C@@H]2O[C@H](CNC(=O)CC3OC(CCC(=O)CCCCCN4C(=O)C=CC4=O)[C@@H](O)[C@H]3O)C(O)C2O)C(C)C)cc1)OC)N(C)C(=O)[C@@H](CC(=O)C(C(C)C)N(C)C)C(C)C. The van der Waals surface area contributed by atoms with E-state index in [1.165, 1.54) is 19.3 Å². The maximum atomic E-state index is 14.7. The maximum absolute atomic E-state index is 14.7. The molecule has 4 aliphatic rings. The lowest BCUT2D eigenvalue weighted by molar-refractivity contribution is -0.149. The lowest BCUT2D eigenvalue weighted by atomic mass is 9.83. The van der Waals surface area contributed by atoms with E-state index in [1.807, 2.05) is 103 Å². The molecule has 0 saturated carbocycles. The van der Waals surface area contributed by atoms with Crippen LogP contribution in [0.5, 0.6) is 0 Å². The molecule has 658 valence electrons. The van der Waals surface area contributed by atoms with Gasteiger partial charge in [0.05, 0.1) is 67.5 Å². The molecule has 0 aliphatic carbocycles. The van der Waals surface area contributed by atoms with Crippen LogP contribution in [0.1, 0.15) is 188 Å². The molecule has 2 aromatic carbocycles. The number of amides is 9. The average Bonchev–Trinajstić information content (AvgIpc) is 1.24. The molecule has 3 fully saturated rings. The Labute approximate surface area is 696 Å². The number of Topliss-reactive ketones (excluding diaryl/α,β-unsaturated/α-hetero) is 5. The highest BCUT2D eigenvalue weighted by Gasteiger charge is 2.48. The Bertz CT molecular complexity index is 3660. The smallest absolute Gasteiger partial charge is 0.312 e. The van der Waals surface area contributed by atoms with E-state index in [4.69, 9.17) is 24.7 Å². The third-order valence-corrected chi connectivity index (χ3v) is 24.1. The van der Waals surface area contributed by atoms with Crippen molar-refractivity contribution in [1.29, 1.82) is 0 Å². The molecule has 19 atom stereocenters. The molecule has 30 heteroatoms. The van der Waals surface area contributed by atoms with Gasteiger partial charge < -0.3 is 76.2 Å². The summed E-state index contributed by atoms with van der Waals surface area (Å²) in [4.78, 5) is 182. The third-order valence-electron chi connectivity index (χ3n) is 24.1. The molecule has 9 amide bonds. The number of primary amides is 1. The third kappa shape index (κ3) is 29.1. The minimum atomic E-state index is -1.56. The van der Waals surface area contributed by atoms with Crippen molar-refractivity contribution in [2.24, 2.45) is 53.1 Å². The van der Waals surface area contributed by atoms with Gasteiger partial charge in [-0.1, -0.05) is 130 Å². The van der Waals surface area contributed by atoms with Gasteiger partial charge >= 0.3 is 6.03 Å². The summed E-state index contributed by atoms with van der Waals surface area (Å²) in [6.07, 6.45) is -5.72. The zero-order valence-corrected chi connectivity index (χ0v) is 71.8. The van der Waals surface area contributed by atoms with E-state index in [-0.39, 0.29) is 173 Å². The number of nitrogens with zero attached hydrogens (tertiary/aromatic N) is 4. The molecule has 4 aliphatic heterocycles. The van der Waals surface area contributed by atoms with Crippen LogP contribution in [0.2, 0.25) is 0 Å². The van der Waals surface area contributed by atoms with Gasteiger partial charge in [-0.05, 0) is 112 Å². The number of unbranched alkanes of at least 4 members (excludes halogenated alkanes) is 2. The van der Waals surface area contributed by atoms with E-state index in [1.54, 1.807) is 56.9 Å². The predicted molar refractivity (Wildman–Crippen MR) is 440 cm³/mol. The highest BCUT2D eigenvalue weighted by molar-refractivity contribution is 6.12. The fraction of sp³-hybridized carbons (Fsp3) is 0.693. The molecule has 6 rings (SSSR count). The summed E-state index contributed by atoms with van der Waals surface area (Å²) in [5.41, 5.74) is 7.63. The first-order valence-electron chi connectivity index (χ1n) is 42.4. The first kappa shape index (κ1) is 98.8. The van der Waals surface area contributed by atoms with Crippen LogP contribution in [0.3, 0.4) is 0 Å². The second kappa shape index (κ2) is 48.4. The minimum absolute atomic E-state index is 0.00315. The van der Waals surface area contributed by atoms with E-state index in [9.17, 15) is 82.8 Å². The summed E-state index contributed by atoms with van der Waals surface area (Å²) in [6, 6.07) is 13.5. The van der Waals surface area contributed by atoms with E-state index in [0.717, 1.165) is 16.0 Å². The first-order valence-corrected chi connectivity index (χ1v) is 42.4. The van der Waals surface area contributed by atoms with Crippen molar-refractivity contribution in [3.63, 3.8) is 0 Å². The van der Waals surface area contributed by atoms with E-state index < -0.39 is 145 Å². The Hall–Kier alpha value is -8.07. The van der Waals surface area contributed by atoms with Gasteiger partial charge in [-0.3, -0.25) is 67.3 Å². The number of ketones is 5. The number of carbonyl (C=O) groups excluding carboxylic acids is 13. The van der Waals surface area contributed by atoms with E-state index in [2.05, 4.69) is 21.3 Å². The fourth-order valence-corrected chi connectivity index (χ4v) is 17.0. The van der Waals surface area contributed by atoms with Gasteiger partial charge in [0.15, 0.2) is 11.6 Å². The average molecular weight is 1660 g/mol. The minimum Gasteiger partial charge on any atom is -0.388 e. The number of hydrogen-bond donors (Lipinski definition) is 9. The van der Waals surface area contributed by atoms with Gasteiger partial charge in [-0.25, -0.2) is 4.79 Å². The van der Waals surface area contributed by atoms with Crippen molar-refractivity contribution in [3.05, 3.63) is 83.4 Å². The Kier molecular flexibility index (Phi) is 40.5. The van der Waals surface area contributed by atoms with Crippen LogP contribution in [-0.2, 0) is 95.7 Å². The first-order chi connectivity index (χ1) is 55.9. The van der Waals surface area contributed by atoms with Gasteiger partial charge in [0.2, 0.25) is 29.5 Å². The number of carbonyl (C=O) groups is 13. The van der Waals surface area contributed by atoms with Crippen molar-refractivity contribution in [2.45, 2.75) is 276 Å². The van der Waals surface area contributed by atoms with Gasteiger partial charge in [-0.15, -0.1) is 0 Å². The normalized spacial score (nSPS) is 22.5. The molecule has 4 heterocycles. The second-order valence-electron chi connectivity index (χ2n) is 34.1. The summed E-state index contributed by atoms with van der Waals surface area (Å²) in [5.74, 6) is -7.46. The van der Waals surface area contributed by atoms with Crippen molar-refractivity contribution in [3.8, 4) is 0 Å². The number of ether oxygens (including phenoxy) is 4. The van der Waals surface area contributed by atoms with Crippen LogP contribution < -0.4 is 27.0 Å². The van der Waals surface area contributed by atoms with Crippen molar-refractivity contribution >= 4 is 76.3 Å². The molecule has 10 N–H and O–H groups in total. The Morgan fingerprint density at radius 2 is 1.24 bits per heavy atom. The number of urea groups is 1. The molecule has 12 unspecified atom stereocenters. The highest BCUT2D eigenvalue weighted by Crippen LogP contribution is 2.34. The molecule has 2 aromatic rings. The summed E-state index contributed by atoms with van der Waals surface area (Å²) in [5, 5.41) is 54.5. The number of likely N-dealkylation sites (tertiary alicyclic amines) is 1. The van der Waals surface area contributed by atoms with Crippen molar-refractivity contribution in [1.82, 2.24) is 40.9 Å². The van der Waals surface area contributed by atoms with Crippen molar-refractivity contribution < 1.29 is 102 Å². The maximum Gasteiger partial charge on any atom is 0.312 e. The Balaban J connectivity index is 0.994. The summed E-state index contributed by atoms with van der Waals surface area (Å²) in [6.45, 7) is 17.9. The second-order valence-corrected chi connectivity index (χ2v) is 34.1. The number of hydrogen-bond acceptors (Lipinski definition) is 22. The Morgan fingerprint density at radius 1 is 0.619 bits per heavy atom. The van der Waals surface area contributed by atoms with Crippen molar-refractivity contribution in [2.75, 3.05) is 68.1 Å². The van der Waals surface area contributed by atoms with Crippen LogP contribution in [0.15, 0.2) is 66.7 Å². The number of imide groups is 1. The van der Waals surface area contributed by atoms with Crippen LogP contribution in [0.4, 0.5) is 4.79 Å². The fourth-order valence-electron chi connectivity index (χ4n) is 17.0. The summed E-state index contributed by atoms with van der Waals surface area (Å²) >= 11 is 0. The quantitative estimate of drug-likeness (QED) is 0.0314. The molecule has 3 saturated heterocycles. The molecular formula is C88H135N9O21. The molecule has 0 radical (unpaired) electrons. The molecular weight excluding hydrogens is 1520 g/mol. The number of benzene rings is 2. The summed E-state index contributed by atoms with van der Waals surface area (Å²) in [7, 11) is 8.56. The van der Waals surface area contributed by atoms with Crippen LogP contribution in [-0.4, -0.2) is 270 Å². The molecule has 30 nitrogen and oxygen atoms in total. The molecule has 118 heavy (non-hydrogen) atoms. The monoisotopic (exact) mass is 1650 g/mol. The predicted octanol–water partition coefficient (Wildman–Crippen LogP) is 4.89. The number of rotatable bonds is 53. The molecule has 0 spiro atoms. The van der Waals surface area contributed by atoms with Crippen LogP contribution in [0.25, 0.3) is 0 Å². The van der Waals surface area contributed by atoms with E-state index >= 15 is 0 Å². The number of nitrogens with one attached hydrogen (secondary N) is 4. The van der Waals surface area contributed by atoms with Gasteiger partial charge in [0.25, 0.3) is 11.8 Å². The van der Waals surface area contributed by atoms with Gasteiger partial charge in [0, 0.05) is 135 Å². The highest BCUT2D eigenvalue weighted by atomic mass is 16.6. The largest absolute Gasteiger partial charge is 0.388 e. The number of nitrogens with two attached hydrogens (primary N) is 1. The van der Waals surface area contributed by atoms with Gasteiger partial charge in [-0.2, -0.15) is 0 Å². The van der Waals surface area contributed by atoms with Crippen LogP contribution >= 0.6 is 0 Å². The number of aliphatic hydroxyl groups excluding tert-OH is 4.